The molecule has 0 aromatic heterocycles. The second-order valence-electron chi connectivity index (χ2n) is 8.80. The van der Waals surface area contributed by atoms with Crippen LogP contribution in [0.5, 0.6) is 5.75 Å². The first-order chi connectivity index (χ1) is 15.9. The largest absolute Gasteiger partial charge is 0.379 e. The molecule has 6 nitrogen and oxygen atoms in total. The van der Waals surface area contributed by atoms with E-state index in [9.17, 15) is 22.0 Å². The van der Waals surface area contributed by atoms with Gasteiger partial charge in [-0.15, -0.1) is 0 Å². The van der Waals surface area contributed by atoms with Crippen molar-refractivity contribution in [1.29, 1.82) is 0 Å². The third-order valence-corrected chi connectivity index (χ3v) is 5.92. The van der Waals surface area contributed by atoms with Gasteiger partial charge in [0.1, 0.15) is 22.3 Å². The number of carbonyl (C=O) groups is 1. The zero-order valence-corrected chi connectivity index (χ0v) is 19.9. The standard InChI is InChI=1S/C25H26F2N2O4S/c1-25(2,3)28-24(30)29(16-18-4-8-20(26)9-5-18)17-19-6-12-22(13-7-19)33-34(31,32)23-14-10-21(27)11-15-23/h4-15H,16-17H2,1-3H3,(H,28,30). The van der Waals surface area contributed by atoms with Crippen LogP contribution in [-0.2, 0) is 23.2 Å². The summed E-state index contributed by atoms with van der Waals surface area (Å²) in [5.41, 5.74) is 1.04. The van der Waals surface area contributed by atoms with Crippen molar-refractivity contribution in [3.63, 3.8) is 0 Å². The molecule has 0 saturated carbocycles. The highest BCUT2D eigenvalue weighted by atomic mass is 32.2. The van der Waals surface area contributed by atoms with Gasteiger partial charge in [0.2, 0.25) is 0 Å². The van der Waals surface area contributed by atoms with E-state index in [0.29, 0.717) is 0 Å². The van der Waals surface area contributed by atoms with E-state index in [4.69, 9.17) is 4.18 Å². The van der Waals surface area contributed by atoms with Gasteiger partial charge in [0, 0.05) is 18.6 Å². The lowest BCUT2D eigenvalue weighted by atomic mass is 10.1. The molecule has 34 heavy (non-hydrogen) atoms. The first-order valence-electron chi connectivity index (χ1n) is 10.5. The summed E-state index contributed by atoms with van der Waals surface area (Å²) in [5, 5.41) is 2.92. The van der Waals surface area contributed by atoms with Crippen LogP contribution in [0.1, 0.15) is 31.9 Å². The van der Waals surface area contributed by atoms with Gasteiger partial charge in [0.25, 0.3) is 0 Å². The Kier molecular flexibility index (Phi) is 7.56. The Morgan fingerprint density at radius 1 is 0.824 bits per heavy atom. The minimum Gasteiger partial charge on any atom is -0.379 e. The molecule has 3 aromatic carbocycles. The molecule has 0 heterocycles. The average molecular weight is 489 g/mol. The van der Waals surface area contributed by atoms with Crippen molar-refractivity contribution < 1.29 is 26.2 Å². The monoisotopic (exact) mass is 488 g/mol. The average Bonchev–Trinajstić information content (AvgIpc) is 2.75. The van der Waals surface area contributed by atoms with Crippen molar-refractivity contribution in [1.82, 2.24) is 10.2 Å². The van der Waals surface area contributed by atoms with Crippen molar-refractivity contribution in [2.75, 3.05) is 0 Å². The van der Waals surface area contributed by atoms with Crippen LogP contribution in [0, 0.1) is 11.6 Å². The zero-order chi connectivity index (χ0) is 24.9. The Labute approximate surface area is 198 Å². The number of hydrogen-bond donors (Lipinski definition) is 1. The number of halogens is 2. The van der Waals surface area contributed by atoms with E-state index in [1.807, 2.05) is 20.8 Å². The highest BCUT2D eigenvalue weighted by Crippen LogP contribution is 2.21. The van der Waals surface area contributed by atoms with Crippen LogP contribution in [0.25, 0.3) is 0 Å². The summed E-state index contributed by atoms with van der Waals surface area (Å²) >= 11 is 0. The molecular formula is C25H26F2N2O4S. The second-order valence-corrected chi connectivity index (χ2v) is 10.3. The van der Waals surface area contributed by atoms with Crippen molar-refractivity contribution in [3.05, 3.63) is 95.6 Å². The number of carbonyl (C=O) groups excluding carboxylic acids is 1. The second kappa shape index (κ2) is 10.2. The quantitative estimate of drug-likeness (QED) is 0.462. The van der Waals surface area contributed by atoms with Gasteiger partial charge < -0.3 is 14.4 Å². The van der Waals surface area contributed by atoms with Crippen LogP contribution >= 0.6 is 0 Å². The van der Waals surface area contributed by atoms with E-state index in [0.717, 1.165) is 35.4 Å². The third-order valence-electron chi connectivity index (χ3n) is 4.66. The maximum atomic E-state index is 13.3. The van der Waals surface area contributed by atoms with Crippen molar-refractivity contribution in [3.8, 4) is 5.75 Å². The SMILES string of the molecule is CC(C)(C)NC(=O)N(Cc1ccc(F)cc1)Cc1ccc(OS(=O)(=O)c2ccc(F)cc2)cc1. The number of urea groups is 1. The number of nitrogens with one attached hydrogen (secondary N) is 1. The first-order valence-corrected chi connectivity index (χ1v) is 11.9. The van der Waals surface area contributed by atoms with E-state index in [1.54, 1.807) is 29.2 Å². The Hall–Kier alpha value is -3.46. The van der Waals surface area contributed by atoms with Gasteiger partial charge in [-0.25, -0.2) is 13.6 Å². The number of rotatable bonds is 7. The maximum absolute atomic E-state index is 13.3. The fourth-order valence-corrected chi connectivity index (χ4v) is 3.99. The lowest BCUT2D eigenvalue weighted by molar-refractivity contribution is 0.183. The Morgan fingerprint density at radius 3 is 1.74 bits per heavy atom. The Balaban J connectivity index is 1.75. The van der Waals surface area contributed by atoms with Gasteiger partial charge in [-0.2, -0.15) is 8.42 Å². The molecule has 0 saturated heterocycles. The van der Waals surface area contributed by atoms with Crippen LogP contribution in [0.3, 0.4) is 0 Å². The van der Waals surface area contributed by atoms with Gasteiger partial charge in [0.05, 0.1) is 0 Å². The molecule has 0 aliphatic carbocycles. The van der Waals surface area contributed by atoms with Gasteiger partial charge in [-0.1, -0.05) is 24.3 Å². The van der Waals surface area contributed by atoms with Crippen molar-refractivity contribution in [2.45, 2.75) is 44.3 Å². The summed E-state index contributed by atoms with van der Waals surface area (Å²) in [5.74, 6) is -0.832. The lowest BCUT2D eigenvalue weighted by Crippen LogP contribution is -2.47. The first kappa shape index (κ1) is 25.2. The van der Waals surface area contributed by atoms with Crippen LogP contribution in [0.2, 0.25) is 0 Å². The van der Waals surface area contributed by atoms with E-state index in [-0.39, 0.29) is 35.6 Å². The van der Waals surface area contributed by atoms with Crippen LogP contribution in [0.15, 0.2) is 77.7 Å². The normalized spacial score (nSPS) is 11.7. The highest BCUT2D eigenvalue weighted by Gasteiger charge is 2.21. The molecule has 0 fully saturated rings. The fraction of sp³-hybridized carbons (Fsp3) is 0.240. The summed E-state index contributed by atoms with van der Waals surface area (Å²) in [6.45, 7) is 6.08. The molecule has 0 bridgehead atoms. The summed E-state index contributed by atoms with van der Waals surface area (Å²) < 4.78 is 56.3. The number of benzene rings is 3. The molecule has 0 radical (unpaired) electrons. The number of hydrogen-bond acceptors (Lipinski definition) is 4. The summed E-state index contributed by atoms with van der Waals surface area (Å²) in [4.78, 5) is 14.3. The van der Waals surface area contributed by atoms with Crippen LogP contribution in [-0.4, -0.2) is 24.9 Å². The molecule has 180 valence electrons. The molecule has 3 aromatic rings. The molecule has 0 atom stereocenters. The van der Waals surface area contributed by atoms with Gasteiger partial charge in [-0.3, -0.25) is 0 Å². The molecule has 9 heteroatoms. The molecule has 0 unspecified atom stereocenters. The zero-order valence-electron chi connectivity index (χ0n) is 19.1. The molecule has 0 aliphatic heterocycles. The predicted octanol–water partition coefficient (Wildman–Crippen LogP) is 5.24. The van der Waals surface area contributed by atoms with E-state index >= 15 is 0 Å². The molecule has 2 amide bonds. The van der Waals surface area contributed by atoms with Crippen LogP contribution < -0.4 is 9.50 Å². The topological polar surface area (TPSA) is 75.7 Å². The van der Waals surface area contributed by atoms with E-state index in [2.05, 4.69) is 5.32 Å². The molecule has 0 spiro atoms. The van der Waals surface area contributed by atoms with Crippen LogP contribution in [0.4, 0.5) is 13.6 Å². The molecule has 0 aliphatic rings. The van der Waals surface area contributed by atoms with Gasteiger partial charge >= 0.3 is 16.1 Å². The molecule has 3 rings (SSSR count). The van der Waals surface area contributed by atoms with Gasteiger partial charge in [-0.05, 0) is 80.4 Å². The minimum absolute atomic E-state index is 0.0808. The van der Waals surface area contributed by atoms with Crippen molar-refractivity contribution >= 4 is 16.1 Å². The summed E-state index contributed by atoms with van der Waals surface area (Å²) in [6.07, 6.45) is 0. The summed E-state index contributed by atoms with van der Waals surface area (Å²) in [6, 6.07) is 16.2. The number of amides is 2. The minimum atomic E-state index is -4.12. The van der Waals surface area contributed by atoms with Gasteiger partial charge in [0.15, 0.2) is 0 Å². The molecular weight excluding hydrogens is 462 g/mol. The van der Waals surface area contributed by atoms with E-state index in [1.165, 1.54) is 24.3 Å². The maximum Gasteiger partial charge on any atom is 0.339 e. The fourth-order valence-electron chi connectivity index (χ4n) is 3.06. The summed E-state index contributed by atoms with van der Waals surface area (Å²) in [7, 11) is -4.12. The van der Waals surface area contributed by atoms with E-state index < -0.39 is 21.5 Å². The Morgan fingerprint density at radius 2 is 1.26 bits per heavy atom. The highest BCUT2D eigenvalue weighted by molar-refractivity contribution is 7.87. The third kappa shape index (κ3) is 7.28. The Bertz CT molecular complexity index is 1220. The smallest absolute Gasteiger partial charge is 0.339 e. The van der Waals surface area contributed by atoms with Crippen molar-refractivity contribution in [2.24, 2.45) is 0 Å². The molecule has 1 N–H and O–H groups in total. The lowest BCUT2D eigenvalue weighted by Gasteiger charge is -2.29. The predicted molar refractivity (Wildman–Crippen MR) is 125 cm³/mol. The number of nitrogens with zero attached hydrogens (tertiary/aromatic N) is 1.